The van der Waals surface area contributed by atoms with Gasteiger partial charge in [-0.1, -0.05) is 12.1 Å². The SMILES string of the molecule is N#Cc1ccc(Cn2cncc2COCc2ccc(C#N)cc2-c2ccc3c(c2)OCO3)nc1. The average Bonchev–Trinajstić information content (AvgIpc) is 3.53. The standard InChI is InChI=1S/C26H19N5O3/c27-9-18-1-3-21(24(7-18)20-4-6-25-26(8-20)34-17-33-25)14-32-15-23-12-29-16-31(23)13-22-5-2-19(10-28)11-30-22/h1-8,11-12,16H,13-15,17H2. The molecule has 0 unspecified atom stereocenters. The maximum atomic E-state index is 9.38. The number of hydrogen-bond donors (Lipinski definition) is 0. The minimum atomic E-state index is 0.207. The summed E-state index contributed by atoms with van der Waals surface area (Å²) in [4.78, 5) is 8.56. The lowest BCUT2D eigenvalue weighted by molar-refractivity contribution is 0.103. The Bertz CT molecular complexity index is 1410. The number of nitrogens with zero attached hydrogens (tertiary/aromatic N) is 5. The van der Waals surface area contributed by atoms with Gasteiger partial charge in [-0.25, -0.2) is 4.98 Å². The third kappa shape index (κ3) is 4.44. The number of pyridine rings is 1. The van der Waals surface area contributed by atoms with E-state index in [1.54, 1.807) is 30.9 Å². The molecular weight excluding hydrogens is 430 g/mol. The van der Waals surface area contributed by atoms with Gasteiger partial charge >= 0.3 is 0 Å². The van der Waals surface area contributed by atoms with Crippen LogP contribution in [0.15, 0.2) is 67.3 Å². The predicted octanol–water partition coefficient (Wildman–Crippen LogP) is 4.18. The van der Waals surface area contributed by atoms with Crippen molar-refractivity contribution in [1.29, 1.82) is 10.5 Å². The fraction of sp³-hybridized carbons (Fsp3) is 0.154. The van der Waals surface area contributed by atoms with Gasteiger partial charge in [0.2, 0.25) is 6.79 Å². The Balaban J connectivity index is 1.30. The summed E-state index contributed by atoms with van der Waals surface area (Å²) in [5, 5.41) is 18.3. The Morgan fingerprint density at radius 2 is 1.76 bits per heavy atom. The van der Waals surface area contributed by atoms with Crippen LogP contribution in [-0.4, -0.2) is 21.3 Å². The van der Waals surface area contributed by atoms with Gasteiger partial charge in [0, 0.05) is 6.20 Å². The van der Waals surface area contributed by atoms with Crippen LogP contribution in [-0.2, 0) is 24.5 Å². The van der Waals surface area contributed by atoms with E-state index in [4.69, 9.17) is 19.5 Å². The molecule has 0 atom stereocenters. The Morgan fingerprint density at radius 3 is 2.59 bits per heavy atom. The van der Waals surface area contributed by atoms with E-state index in [9.17, 15) is 5.26 Å². The topological polar surface area (TPSA) is 106 Å². The van der Waals surface area contributed by atoms with E-state index in [-0.39, 0.29) is 6.79 Å². The Hall–Kier alpha value is -4.66. The van der Waals surface area contributed by atoms with E-state index in [1.165, 1.54) is 0 Å². The summed E-state index contributed by atoms with van der Waals surface area (Å²) in [5.41, 5.74) is 5.63. The second-order valence-electron chi connectivity index (χ2n) is 7.71. The molecular formula is C26H19N5O3. The van der Waals surface area contributed by atoms with Gasteiger partial charge in [-0.3, -0.25) is 4.98 Å². The molecule has 0 spiro atoms. The van der Waals surface area contributed by atoms with Crippen LogP contribution < -0.4 is 9.47 Å². The van der Waals surface area contributed by atoms with Crippen LogP contribution in [0.4, 0.5) is 0 Å². The van der Waals surface area contributed by atoms with Crippen molar-refractivity contribution in [3.05, 3.63) is 95.3 Å². The minimum Gasteiger partial charge on any atom is -0.454 e. The van der Waals surface area contributed by atoms with Crippen LogP contribution >= 0.6 is 0 Å². The van der Waals surface area contributed by atoms with Crippen molar-refractivity contribution < 1.29 is 14.2 Å². The highest BCUT2D eigenvalue weighted by molar-refractivity contribution is 5.72. The van der Waals surface area contributed by atoms with Gasteiger partial charge in [-0.2, -0.15) is 10.5 Å². The molecule has 1 aliphatic rings. The molecule has 2 aromatic carbocycles. The summed E-state index contributed by atoms with van der Waals surface area (Å²) in [6, 6.07) is 19.2. The lowest BCUT2D eigenvalue weighted by Crippen LogP contribution is -2.06. The van der Waals surface area contributed by atoms with Crippen molar-refractivity contribution in [2.75, 3.05) is 6.79 Å². The van der Waals surface area contributed by atoms with Crippen LogP contribution in [0.25, 0.3) is 11.1 Å². The van der Waals surface area contributed by atoms with Gasteiger partial charge in [0.1, 0.15) is 6.07 Å². The zero-order valence-electron chi connectivity index (χ0n) is 18.1. The van der Waals surface area contributed by atoms with Crippen LogP contribution in [0.5, 0.6) is 11.5 Å². The van der Waals surface area contributed by atoms with E-state index in [0.717, 1.165) is 28.1 Å². The number of hydrogen-bond acceptors (Lipinski definition) is 7. The van der Waals surface area contributed by atoms with Crippen LogP contribution in [0, 0.1) is 22.7 Å². The summed E-state index contributed by atoms with van der Waals surface area (Å²) in [6.45, 7) is 1.45. The predicted molar refractivity (Wildman–Crippen MR) is 121 cm³/mol. The number of rotatable bonds is 7. The molecule has 0 N–H and O–H groups in total. The largest absolute Gasteiger partial charge is 0.454 e. The second kappa shape index (κ2) is 9.45. The number of fused-ring (bicyclic) bond motifs is 1. The summed E-state index contributed by atoms with van der Waals surface area (Å²) in [7, 11) is 0. The Labute approximate surface area is 196 Å². The summed E-state index contributed by atoms with van der Waals surface area (Å²) in [6.07, 6.45) is 5.06. The molecule has 4 aromatic rings. The first-order valence-corrected chi connectivity index (χ1v) is 10.6. The molecule has 0 fully saturated rings. The van der Waals surface area contributed by atoms with Gasteiger partial charge in [-0.15, -0.1) is 0 Å². The normalized spacial score (nSPS) is 11.7. The van der Waals surface area contributed by atoms with E-state index >= 15 is 0 Å². The lowest BCUT2D eigenvalue weighted by atomic mass is 9.97. The Morgan fingerprint density at radius 1 is 0.912 bits per heavy atom. The van der Waals surface area contributed by atoms with Gasteiger partial charge in [0.05, 0.1) is 60.9 Å². The van der Waals surface area contributed by atoms with Crippen molar-refractivity contribution in [3.63, 3.8) is 0 Å². The number of imidazole rings is 1. The van der Waals surface area contributed by atoms with E-state index in [0.29, 0.717) is 42.4 Å². The Kier molecular flexibility index (Phi) is 5.89. The van der Waals surface area contributed by atoms with Gasteiger partial charge < -0.3 is 18.8 Å². The summed E-state index contributed by atoms with van der Waals surface area (Å²) >= 11 is 0. The number of benzene rings is 2. The fourth-order valence-electron chi connectivity index (χ4n) is 3.74. The molecule has 3 heterocycles. The molecule has 1 aliphatic heterocycles. The first kappa shape index (κ1) is 21.2. The molecule has 0 aliphatic carbocycles. The van der Waals surface area contributed by atoms with Crippen molar-refractivity contribution in [2.24, 2.45) is 0 Å². The number of ether oxygens (including phenoxy) is 3. The quantitative estimate of drug-likeness (QED) is 0.417. The fourth-order valence-corrected chi connectivity index (χ4v) is 3.74. The number of nitriles is 2. The van der Waals surface area contributed by atoms with Gasteiger partial charge in [0.15, 0.2) is 11.5 Å². The molecule has 0 saturated carbocycles. The highest BCUT2D eigenvalue weighted by atomic mass is 16.7. The molecule has 0 radical (unpaired) electrons. The zero-order chi connectivity index (χ0) is 23.3. The van der Waals surface area contributed by atoms with Gasteiger partial charge in [-0.05, 0) is 53.1 Å². The molecule has 8 nitrogen and oxygen atoms in total. The molecule has 34 heavy (non-hydrogen) atoms. The van der Waals surface area contributed by atoms with Crippen LogP contribution in [0.1, 0.15) is 28.1 Å². The molecule has 0 bridgehead atoms. The third-order valence-corrected chi connectivity index (χ3v) is 5.51. The molecule has 0 saturated heterocycles. The van der Waals surface area contributed by atoms with Crippen molar-refractivity contribution >= 4 is 0 Å². The highest BCUT2D eigenvalue weighted by Gasteiger charge is 2.16. The summed E-state index contributed by atoms with van der Waals surface area (Å²) < 4.78 is 18.9. The first-order chi connectivity index (χ1) is 16.7. The average molecular weight is 449 g/mol. The molecule has 166 valence electrons. The van der Waals surface area contributed by atoms with Crippen LogP contribution in [0.2, 0.25) is 0 Å². The van der Waals surface area contributed by atoms with Crippen LogP contribution in [0.3, 0.4) is 0 Å². The van der Waals surface area contributed by atoms with Crippen molar-refractivity contribution in [2.45, 2.75) is 19.8 Å². The monoisotopic (exact) mass is 449 g/mol. The summed E-state index contributed by atoms with van der Waals surface area (Å²) in [5.74, 6) is 1.40. The molecule has 5 rings (SSSR count). The van der Waals surface area contributed by atoms with E-state index in [1.807, 2.05) is 41.0 Å². The first-order valence-electron chi connectivity index (χ1n) is 10.6. The van der Waals surface area contributed by atoms with E-state index in [2.05, 4.69) is 22.1 Å². The molecule has 8 heteroatoms. The maximum Gasteiger partial charge on any atom is 0.231 e. The van der Waals surface area contributed by atoms with Crippen molar-refractivity contribution in [1.82, 2.24) is 14.5 Å². The van der Waals surface area contributed by atoms with E-state index < -0.39 is 0 Å². The zero-order valence-corrected chi connectivity index (χ0v) is 18.1. The maximum absolute atomic E-state index is 9.38. The lowest BCUT2D eigenvalue weighted by Gasteiger charge is -2.13. The van der Waals surface area contributed by atoms with Crippen molar-refractivity contribution in [3.8, 4) is 34.8 Å². The highest BCUT2D eigenvalue weighted by Crippen LogP contribution is 2.37. The second-order valence-corrected chi connectivity index (χ2v) is 7.71. The van der Waals surface area contributed by atoms with Gasteiger partial charge in [0.25, 0.3) is 0 Å². The third-order valence-electron chi connectivity index (χ3n) is 5.51. The molecule has 0 amide bonds. The molecule has 2 aromatic heterocycles. The smallest absolute Gasteiger partial charge is 0.231 e. The minimum absolute atomic E-state index is 0.207. The number of aromatic nitrogens is 3.